The lowest BCUT2D eigenvalue weighted by Crippen LogP contribution is -2.15. The lowest BCUT2D eigenvalue weighted by Gasteiger charge is -2.06. The highest BCUT2D eigenvalue weighted by Crippen LogP contribution is 2.11. The Bertz CT molecular complexity index is 320. The van der Waals surface area contributed by atoms with Gasteiger partial charge in [0.05, 0.1) is 13.2 Å². The molecule has 0 fully saturated rings. The van der Waals surface area contributed by atoms with Crippen LogP contribution in [0.3, 0.4) is 0 Å². The first-order valence-electron chi connectivity index (χ1n) is 6.35. The monoisotopic (exact) mass is 315 g/mol. The lowest BCUT2D eigenvalue weighted by molar-refractivity contribution is 0.0688. The molecule has 18 heavy (non-hydrogen) atoms. The van der Waals surface area contributed by atoms with Crippen LogP contribution >= 0.6 is 15.9 Å². The largest absolute Gasteiger partial charge is 0.382 e. The van der Waals surface area contributed by atoms with Crippen molar-refractivity contribution in [2.24, 2.45) is 0 Å². The summed E-state index contributed by atoms with van der Waals surface area (Å²) < 4.78 is 11.4. The number of methoxy groups -OCH3 is 1. The first kappa shape index (κ1) is 15.6. The van der Waals surface area contributed by atoms with Crippen LogP contribution in [-0.2, 0) is 16.0 Å². The van der Waals surface area contributed by atoms with E-state index >= 15 is 0 Å². The van der Waals surface area contributed by atoms with E-state index in [0.717, 1.165) is 37.0 Å². The Kier molecular flexibility index (Phi) is 9.12. The Morgan fingerprint density at radius 2 is 2.06 bits per heavy atom. The molecule has 0 amide bonds. The Hall–Kier alpha value is -0.420. The molecule has 0 aliphatic rings. The van der Waals surface area contributed by atoms with Crippen LogP contribution in [0.25, 0.3) is 0 Å². The Morgan fingerprint density at radius 1 is 1.17 bits per heavy atom. The third-order valence-corrected chi connectivity index (χ3v) is 3.04. The molecule has 0 radical (unpaired) electrons. The van der Waals surface area contributed by atoms with E-state index in [1.807, 2.05) is 6.07 Å². The molecular formula is C14H22BrNO2. The molecular weight excluding hydrogens is 294 g/mol. The molecule has 0 atom stereocenters. The van der Waals surface area contributed by atoms with Gasteiger partial charge in [0.1, 0.15) is 0 Å². The normalized spacial score (nSPS) is 10.8. The number of hydrogen-bond acceptors (Lipinski definition) is 3. The van der Waals surface area contributed by atoms with Crippen LogP contribution in [0, 0.1) is 0 Å². The SMILES string of the molecule is COCCOCCCCNCc1cccc(Br)c1. The van der Waals surface area contributed by atoms with Gasteiger partial charge in [0.15, 0.2) is 0 Å². The highest BCUT2D eigenvalue weighted by atomic mass is 79.9. The van der Waals surface area contributed by atoms with Crippen molar-refractivity contribution in [2.45, 2.75) is 19.4 Å². The van der Waals surface area contributed by atoms with Gasteiger partial charge in [0.25, 0.3) is 0 Å². The minimum Gasteiger partial charge on any atom is -0.382 e. The van der Waals surface area contributed by atoms with Crippen molar-refractivity contribution in [1.82, 2.24) is 5.32 Å². The molecule has 0 aliphatic heterocycles. The summed E-state index contributed by atoms with van der Waals surface area (Å²) in [5.74, 6) is 0. The number of unbranched alkanes of at least 4 members (excludes halogenated alkanes) is 1. The second-order valence-electron chi connectivity index (χ2n) is 4.12. The third-order valence-electron chi connectivity index (χ3n) is 2.54. The average molecular weight is 316 g/mol. The van der Waals surface area contributed by atoms with Gasteiger partial charge in [-0.05, 0) is 37.1 Å². The van der Waals surface area contributed by atoms with E-state index in [2.05, 4.69) is 39.4 Å². The zero-order valence-corrected chi connectivity index (χ0v) is 12.5. The van der Waals surface area contributed by atoms with E-state index in [9.17, 15) is 0 Å². The summed E-state index contributed by atoms with van der Waals surface area (Å²) in [5, 5.41) is 3.43. The van der Waals surface area contributed by atoms with E-state index < -0.39 is 0 Å². The zero-order valence-electron chi connectivity index (χ0n) is 11.0. The van der Waals surface area contributed by atoms with Gasteiger partial charge in [0, 0.05) is 24.7 Å². The molecule has 0 saturated heterocycles. The zero-order chi connectivity index (χ0) is 13.1. The maximum Gasteiger partial charge on any atom is 0.0700 e. The van der Waals surface area contributed by atoms with Crippen LogP contribution < -0.4 is 5.32 Å². The standard InChI is InChI=1S/C14H22BrNO2/c1-17-9-10-18-8-3-2-7-16-12-13-5-4-6-14(15)11-13/h4-6,11,16H,2-3,7-10,12H2,1H3. The van der Waals surface area contributed by atoms with Gasteiger partial charge < -0.3 is 14.8 Å². The molecule has 1 rings (SSSR count). The predicted molar refractivity (Wildman–Crippen MR) is 77.8 cm³/mol. The second-order valence-corrected chi connectivity index (χ2v) is 5.03. The number of halogens is 1. The first-order chi connectivity index (χ1) is 8.83. The summed E-state index contributed by atoms with van der Waals surface area (Å²) in [5.41, 5.74) is 1.31. The Labute approximate surface area is 118 Å². The van der Waals surface area contributed by atoms with Gasteiger partial charge in [-0.1, -0.05) is 28.1 Å². The fraction of sp³-hybridized carbons (Fsp3) is 0.571. The summed E-state index contributed by atoms with van der Waals surface area (Å²) in [4.78, 5) is 0. The Morgan fingerprint density at radius 3 is 2.83 bits per heavy atom. The molecule has 0 aromatic heterocycles. The third kappa shape index (κ3) is 7.82. The predicted octanol–water partition coefficient (Wildman–Crippen LogP) is 2.98. The van der Waals surface area contributed by atoms with Crippen molar-refractivity contribution >= 4 is 15.9 Å². The number of benzene rings is 1. The number of nitrogens with one attached hydrogen (secondary N) is 1. The van der Waals surface area contributed by atoms with Gasteiger partial charge in [0.2, 0.25) is 0 Å². The fourth-order valence-electron chi connectivity index (χ4n) is 1.58. The van der Waals surface area contributed by atoms with Crippen LogP contribution in [0.1, 0.15) is 18.4 Å². The van der Waals surface area contributed by atoms with E-state index in [-0.39, 0.29) is 0 Å². The van der Waals surface area contributed by atoms with Crippen molar-refractivity contribution in [1.29, 1.82) is 0 Å². The molecule has 1 N–H and O–H groups in total. The van der Waals surface area contributed by atoms with Crippen LogP contribution in [0.5, 0.6) is 0 Å². The van der Waals surface area contributed by atoms with Gasteiger partial charge >= 0.3 is 0 Å². The molecule has 0 spiro atoms. The van der Waals surface area contributed by atoms with Gasteiger partial charge in [-0.3, -0.25) is 0 Å². The molecule has 0 unspecified atom stereocenters. The van der Waals surface area contributed by atoms with Crippen LogP contribution in [0.4, 0.5) is 0 Å². The van der Waals surface area contributed by atoms with Crippen LogP contribution in [0.2, 0.25) is 0 Å². The highest BCUT2D eigenvalue weighted by molar-refractivity contribution is 9.10. The summed E-state index contributed by atoms with van der Waals surface area (Å²) in [6.45, 7) is 4.15. The summed E-state index contributed by atoms with van der Waals surface area (Å²) in [7, 11) is 1.69. The minimum absolute atomic E-state index is 0.682. The molecule has 0 aliphatic carbocycles. The number of ether oxygens (including phenoxy) is 2. The average Bonchev–Trinajstić information content (AvgIpc) is 2.37. The molecule has 3 nitrogen and oxygen atoms in total. The van der Waals surface area contributed by atoms with Crippen molar-refractivity contribution in [2.75, 3.05) is 33.5 Å². The molecule has 4 heteroatoms. The van der Waals surface area contributed by atoms with E-state index in [1.54, 1.807) is 7.11 Å². The number of rotatable bonds is 10. The van der Waals surface area contributed by atoms with Gasteiger partial charge in [-0.25, -0.2) is 0 Å². The quantitative estimate of drug-likeness (QED) is 0.673. The smallest absolute Gasteiger partial charge is 0.0700 e. The van der Waals surface area contributed by atoms with Gasteiger partial charge in [-0.15, -0.1) is 0 Å². The lowest BCUT2D eigenvalue weighted by atomic mass is 10.2. The van der Waals surface area contributed by atoms with Gasteiger partial charge in [-0.2, -0.15) is 0 Å². The Balaban J connectivity index is 1.92. The van der Waals surface area contributed by atoms with Crippen molar-refractivity contribution < 1.29 is 9.47 Å². The van der Waals surface area contributed by atoms with E-state index in [0.29, 0.717) is 13.2 Å². The molecule has 1 aromatic carbocycles. The van der Waals surface area contributed by atoms with Crippen molar-refractivity contribution in [3.05, 3.63) is 34.3 Å². The van der Waals surface area contributed by atoms with Crippen LogP contribution in [-0.4, -0.2) is 33.5 Å². The minimum atomic E-state index is 0.682. The van der Waals surface area contributed by atoms with E-state index in [4.69, 9.17) is 9.47 Å². The molecule has 0 saturated carbocycles. The molecule has 0 heterocycles. The van der Waals surface area contributed by atoms with E-state index in [1.165, 1.54) is 5.56 Å². The maximum atomic E-state index is 5.40. The second kappa shape index (κ2) is 10.5. The summed E-state index contributed by atoms with van der Waals surface area (Å²) >= 11 is 3.47. The van der Waals surface area contributed by atoms with Crippen molar-refractivity contribution in [3.63, 3.8) is 0 Å². The fourth-order valence-corrected chi connectivity index (χ4v) is 2.02. The first-order valence-corrected chi connectivity index (χ1v) is 7.14. The molecule has 102 valence electrons. The molecule has 0 bridgehead atoms. The van der Waals surface area contributed by atoms with Crippen LogP contribution in [0.15, 0.2) is 28.7 Å². The summed E-state index contributed by atoms with van der Waals surface area (Å²) in [6, 6.07) is 8.37. The number of hydrogen-bond donors (Lipinski definition) is 1. The maximum absolute atomic E-state index is 5.40. The topological polar surface area (TPSA) is 30.5 Å². The van der Waals surface area contributed by atoms with Crippen molar-refractivity contribution in [3.8, 4) is 0 Å². The molecule has 1 aromatic rings. The summed E-state index contributed by atoms with van der Waals surface area (Å²) in [6.07, 6.45) is 2.23. The highest BCUT2D eigenvalue weighted by Gasteiger charge is 1.94.